The summed E-state index contributed by atoms with van der Waals surface area (Å²) in [5.74, 6) is -0.543. The number of aryl methyl sites for hydroxylation is 3. The van der Waals surface area contributed by atoms with Crippen molar-refractivity contribution in [2.24, 2.45) is 0 Å². The number of carbonyl (C=O) groups excluding carboxylic acids is 2. The molecule has 0 bridgehead atoms. The fourth-order valence-electron chi connectivity index (χ4n) is 2.84. The molecule has 0 radical (unpaired) electrons. The molecule has 0 unspecified atom stereocenters. The van der Waals surface area contributed by atoms with Crippen LogP contribution in [0.2, 0.25) is 5.02 Å². The van der Waals surface area contributed by atoms with Crippen LogP contribution in [-0.2, 0) is 14.3 Å². The van der Waals surface area contributed by atoms with E-state index in [4.69, 9.17) is 26.3 Å². The number of nitrogens with zero attached hydrogens (tertiary/aromatic N) is 2. The number of ether oxygens (including phenoxy) is 2. The lowest BCUT2D eigenvalue weighted by molar-refractivity contribution is -0.149. The molecule has 0 saturated heterocycles. The lowest BCUT2D eigenvalue weighted by Gasteiger charge is -2.22. The molecular weight excluding hydrogens is 392 g/mol. The van der Waals surface area contributed by atoms with Crippen molar-refractivity contribution in [2.45, 2.75) is 27.2 Å². The van der Waals surface area contributed by atoms with Gasteiger partial charge in [-0.1, -0.05) is 17.7 Å². The van der Waals surface area contributed by atoms with Gasteiger partial charge in [-0.05, 0) is 67.8 Å². The lowest BCUT2D eigenvalue weighted by Crippen LogP contribution is -2.36. The molecule has 0 aliphatic rings. The first kappa shape index (κ1) is 22.3. The van der Waals surface area contributed by atoms with Crippen molar-refractivity contribution in [1.82, 2.24) is 0 Å². The van der Waals surface area contributed by atoms with E-state index in [9.17, 15) is 9.59 Å². The molecule has 29 heavy (non-hydrogen) atoms. The van der Waals surface area contributed by atoms with Gasteiger partial charge in [0.25, 0.3) is 5.91 Å². The summed E-state index contributed by atoms with van der Waals surface area (Å²) < 4.78 is 10.5. The monoisotopic (exact) mass is 414 g/mol. The number of rotatable bonds is 8. The standard InChI is InChI=1S/C22H23ClN2O4/c1-15-9-16(2)11-19(10-15)25(8-4-7-24)21(26)13-29-22(27)14-28-20-6-5-18(23)12-17(20)3/h5-6,9-12H,4,8,13-14H2,1-3H3. The molecule has 152 valence electrons. The zero-order valence-corrected chi connectivity index (χ0v) is 17.5. The highest BCUT2D eigenvalue weighted by atomic mass is 35.5. The normalized spacial score (nSPS) is 10.2. The van der Waals surface area contributed by atoms with Gasteiger partial charge in [0.05, 0.1) is 12.5 Å². The van der Waals surface area contributed by atoms with Crippen LogP contribution >= 0.6 is 11.6 Å². The Morgan fingerprint density at radius 3 is 2.38 bits per heavy atom. The second kappa shape index (κ2) is 10.5. The SMILES string of the molecule is Cc1cc(C)cc(N(CCC#N)C(=O)COC(=O)COc2ccc(Cl)cc2C)c1. The molecular formula is C22H23ClN2O4. The average molecular weight is 415 g/mol. The molecule has 0 spiro atoms. The molecule has 1 amide bonds. The molecule has 0 aliphatic heterocycles. The average Bonchev–Trinajstić information content (AvgIpc) is 2.65. The van der Waals surface area contributed by atoms with Crippen molar-refractivity contribution >= 4 is 29.2 Å². The summed E-state index contributed by atoms with van der Waals surface area (Å²) >= 11 is 5.89. The Morgan fingerprint density at radius 1 is 1.07 bits per heavy atom. The van der Waals surface area contributed by atoms with Gasteiger partial charge in [0.15, 0.2) is 13.2 Å². The van der Waals surface area contributed by atoms with E-state index in [-0.39, 0.29) is 19.6 Å². The topological polar surface area (TPSA) is 79.6 Å². The number of amides is 1. The fourth-order valence-corrected chi connectivity index (χ4v) is 3.07. The highest BCUT2D eigenvalue weighted by molar-refractivity contribution is 6.30. The summed E-state index contributed by atoms with van der Waals surface area (Å²) in [5.41, 5.74) is 3.46. The van der Waals surface area contributed by atoms with Gasteiger partial charge in [-0.15, -0.1) is 0 Å². The van der Waals surface area contributed by atoms with E-state index in [0.29, 0.717) is 16.5 Å². The Balaban J connectivity index is 1.96. The van der Waals surface area contributed by atoms with E-state index < -0.39 is 18.5 Å². The second-order valence-corrected chi connectivity index (χ2v) is 7.10. The van der Waals surface area contributed by atoms with Crippen LogP contribution in [0.4, 0.5) is 5.69 Å². The van der Waals surface area contributed by atoms with Crippen LogP contribution in [0.15, 0.2) is 36.4 Å². The van der Waals surface area contributed by atoms with Crippen LogP contribution in [0.5, 0.6) is 5.75 Å². The molecule has 0 aromatic heterocycles. The van der Waals surface area contributed by atoms with Gasteiger partial charge in [-0.3, -0.25) is 4.79 Å². The number of carbonyl (C=O) groups is 2. The number of hydrogen-bond acceptors (Lipinski definition) is 5. The van der Waals surface area contributed by atoms with Crippen LogP contribution in [-0.4, -0.2) is 31.6 Å². The molecule has 0 heterocycles. The number of esters is 1. The molecule has 0 fully saturated rings. The van der Waals surface area contributed by atoms with Gasteiger partial charge < -0.3 is 14.4 Å². The van der Waals surface area contributed by atoms with Crippen molar-refractivity contribution in [3.05, 3.63) is 58.1 Å². The largest absolute Gasteiger partial charge is 0.482 e. The van der Waals surface area contributed by atoms with Crippen molar-refractivity contribution in [1.29, 1.82) is 5.26 Å². The van der Waals surface area contributed by atoms with Crippen LogP contribution in [0.3, 0.4) is 0 Å². The molecule has 0 aliphatic carbocycles. The van der Waals surface area contributed by atoms with Gasteiger partial charge >= 0.3 is 5.97 Å². The molecule has 0 atom stereocenters. The van der Waals surface area contributed by atoms with E-state index in [1.54, 1.807) is 18.2 Å². The molecule has 0 saturated carbocycles. The van der Waals surface area contributed by atoms with Crippen molar-refractivity contribution in [3.63, 3.8) is 0 Å². The minimum absolute atomic E-state index is 0.172. The fraction of sp³-hybridized carbons (Fsp3) is 0.318. The molecule has 2 aromatic carbocycles. The first-order valence-corrected chi connectivity index (χ1v) is 9.48. The van der Waals surface area contributed by atoms with Gasteiger partial charge in [0, 0.05) is 17.3 Å². The Morgan fingerprint density at radius 2 is 1.76 bits per heavy atom. The van der Waals surface area contributed by atoms with Crippen LogP contribution in [0.25, 0.3) is 0 Å². The Kier molecular flexibility index (Phi) is 8.05. The van der Waals surface area contributed by atoms with E-state index in [0.717, 1.165) is 16.7 Å². The maximum atomic E-state index is 12.6. The number of anilines is 1. The summed E-state index contributed by atoms with van der Waals surface area (Å²) in [4.78, 5) is 26.1. The second-order valence-electron chi connectivity index (χ2n) is 6.66. The number of benzene rings is 2. The lowest BCUT2D eigenvalue weighted by atomic mass is 10.1. The minimum atomic E-state index is -0.659. The van der Waals surface area contributed by atoms with Crippen molar-refractivity contribution in [3.8, 4) is 11.8 Å². The summed E-state index contributed by atoms with van der Waals surface area (Å²) in [6.45, 7) is 5.14. The van der Waals surface area contributed by atoms with Gasteiger partial charge in [0.1, 0.15) is 5.75 Å². The molecule has 6 nitrogen and oxygen atoms in total. The predicted molar refractivity (Wildman–Crippen MR) is 111 cm³/mol. The van der Waals surface area contributed by atoms with E-state index in [1.807, 2.05) is 45.0 Å². The van der Waals surface area contributed by atoms with Crippen molar-refractivity contribution in [2.75, 3.05) is 24.7 Å². The summed E-state index contributed by atoms with van der Waals surface area (Å²) in [6, 6.07) is 12.8. The van der Waals surface area contributed by atoms with E-state index in [2.05, 4.69) is 0 Å². The highest BCUT2D eigenvalue weighted by Crippen LogP contribution is 2.22. The summed E-state index contributed by atoms with van der Waals surface area (Å²) in [6.07, 6.45) is 0.172. The molecule has 0 N–H and O–H groups in total. The maximum absolute atomic E-state index is 12.6. The molecule has 2 rings (SSSR count). The Labute approximate surface area is 175 Å². The third kappa shape index (κ3) is 6.81. The first-order chi connectivity index (χ1) is 13.8. The molecule has 2 aromatic rings. The zero-order valence-electron chi connectivity index (χ0n) is 16.7. The maximum Gasteiger partial charge on any atom is 0.344 e. The van der Waals surface area contributed by atoms with E-state index in [1.165, 1.54) is 4.90 Å². The molecule has 7 heteroatoms. The Hall–Kier alpha value is -3.04. The summed E-state index contributed by atoms with van der Waals surface area (Å²) in [7, 11) is 0. The predicted octanol–water partition coefficient (Wildman–Crippen LogP) is 4.13. The van der Waals surface area contributed by atoms with Gasteiger partial charge in [-0.25, -0.2) is 4.79 Å². The minimum Gasteiger partial charge on any atom is -0.482 e. The zero-order chi connectivity index (χ0) is 21.4. The summed E-state index contributed by atoms with van der Waals surface area (Å²) in [5, 5.41) is 9.47. The number of halogens is 1. The van der Waals surface area contributed by atoms with Gasteiger partial charge in [0.2, 0.25) is 0 Å². The van der Waals surface area contributed by atoms with Crippen LogP contribution in [0.1, 0.15) is 23.1 Å². The smallest absolute Gasteiger partial charge is 0.344 e. The Bertz CT molecular complexity index is 917. The number of nitriles is 1. The van der Waals surface area contributed by atoms with Crippen LogP contribution in [0, 0.1) is 32.1 Å². The quantitative estimate of drug-likeness (QED) is 0.606. The van der Waals surface area contributed by atoms with E-state index >= 15 is 0 Å². The third-order valence-corrected chi connectivity index (χ3v) is 4.34. The van der Waals surface area contributed by atoms with Crippen LogP contribution < -0.4 is 9.64 Å². The van der Waals surface area contributed by atoms with Crippen molar-refractivity contribution < 1.29 is 19.1 Å². The number of hydrogen-bond donors (Lipinski definition) is 0. The third-order valence-electron chi connectivity index (χ3n) is 4.11. The highest BCUT2D eigenvalue weighted by Gasteiger charge is 2.18. The first-order valence-electron chi connectivity index (χ1n) is 9.10. The van der Waals surface area contributed by atoms with Gasteiger partial charge in [-0.2, -0.15) is 5.26 Å².